The van der Waals surface area contributed by atoms with Gasteiger partial charge in [-0.25, -0.2) is 9.59 Å². The molecule has 0 spiro atoms. The Kier molecular flexibility index (Phi) is 7.79. The van der Waals surface area contributed by atoms with Gasteiger partial charge < -0.3 is 14.6 Å². The number of hydrogen-bond acceptors (Lipinski definition) is 5. The minimum absolute atomic E-state index is 0.0337. The third-order valence-corrected chi connectivity index (χ3v) is 3.04. The predicted octanol–water partition coefficient (Wildman–Crippen LogP) is 2.40. The zero-order valence-corrected chi connectivity index (χ0v) is 12.6. The lowest BCUT2D eigenvalue weighted by Crippen LogP contribution is -2.21. The van der Waals surface area contributed by atoms with Crippen molar-refractivity contribution in [2.75, 3.05) is 19.1 Å². The summed E-state index contributed by atoms with van der Waals surface area (Å²) in [7, 11) is 0. The van der Waals surface area contributed by atoms with Gasteiger partial charge in [-0.1, -0.05) is 25.5 Å². The zero-order valence-electron chi connectivity index (χ0n) is 11.9. The van der Waals surface area contributed by atoms with Gasteiger partial charge in [0.2, 0.25) is 0 Å². The number of benzene rings is 1. The van der Waals surface area contributed by atoms with Gasteiger partial charge in [0.1, 0.15) is 12.7 Å². The molecule has 1 rings (SSSR count). The first-order valence-corrected chi connectivity index (χ1v) is 7.30. The number of halogens is 1. The number of hydrogen-bond donors (Lipinski definition) is 1. The maximum absolute atomic E-state index is 11.9. The maximum Gasteiger partial charge on any atom is 0.339 e. The third-order valence-electron chi connectivity index (χ3n) is 2.68. The van der Waals surface area contributed by atoms with Crippen molar-refractivity contribution >= 4 is 23.5 Å². The Morgan fingerprint density at radius 1 is 1.19 bits per heavy atom. The Morgan fingerprint density at radius 2 is 1.76 bits per heavy atom. The van der Waals surface area contributed by atoms with Crippen molar-refractivity contribution < 1.29 is 24.2 Å². The molecule has 1 unspecified atom stereocenters. The number of carbonyl (C=O) groups is 2. The summed E-state index contributed by atoms with van der Waals surface area (Å²) in [5.41, 5.74) is 0.264. The van der Waals surface area contributed by atoms with Crippen LogP contribution >= 0.6 is 11.6 Å². The molecule has 1 aromatic rings. The molecule has 21 heavy (non-hydrogen) atoms. The van der Waals surface area contributed by atoms with Crippen LogP contribution in [0.4, 0.5) is 0 Å². The summed E-state index contributed by atoms with van der Waals surface area (Å²) in [6.07, 6.45) is 0.743. The predicted molar refractivity (Wildman–Crippen MR) is 78.6 cm³/mol. The lowest BCUT2D eigenvalue weighted by molar-refractivity contribution is 0.0294. The van der Waals surface area contributed by atoms with Crippen LogP contribution in [-0.4, -0.2) is 42.2 Å². The lowest BCUT2D eigenvalue weighted by Gasteiger charge is -2.11. The molecule has 0 saturated heterocycles. The summed E-state index contributed by atoms with van der Waals surface area (Å²) in [4.78, 5) is 23.9. The highest BCUT2D eigenvalue weighted by atomic mass is 35.5. The van der Waals surface area contributed by atoms with E-state index in [2.05, 4.69) is 0 Å². The van der Waals surface area contributed by atoms with Crippen molar-refractivity contribution in [1.82, 2.24) is 0 Å². The van der Waals surface area contributed by atoms with E-state index in [9.17, 15) is 14.7 Å². The van der Waals surface area contributed by atoms with E-state index in [1.165, 1.54) is 12.1 Å². The highest BCUT2D eigenvalue weighted by molar-refractivity contribution is 6.18. The van der Waals surface area contributed by atoms with E-state index in [1.54, 1.807) is 12.1 Å². The van der Waals surface area contributed by atoms with Crippen LogP contribution in [0.5, 0.6) is 0 Å². The van der Waals surface area contributed by atoms with Crippen LogP contribution in [0, 0.1) is 0 Å². The fourth-order valence-electron chi connectivity index (χ4n) is 1.52. The van der Waals surface area contributed by atoms with Crippen molar-refractivity contribution in [2.24, 2.45) is 0 Å². The van der Waals surface area contributed by atoms with Gasteiger partial charge in [0.25, 0.3) is 0 Å². The van der Waals surface area contributed by atoms with E-state index in [1.807, 2.05) is 6.92 Å². The summed E-state index contributed by atoms with van der Waals surface area (Å²) in [6, 6.07) is 6.24. The van der Waals surface area contributed by atoms with Crippen molar-refractivity contribution in [3.8, 4) is 0 Å². The minimum atomic E-state index is -0.931. The van der Waals surface area contributed by atoms with Gasteiger partial charge in [-0.2, -0.15) is 0 Å². The SMILES string of the molecule is CCCCOC(=O)c1ccccc1C(=O)OCC(O)CCl. The molecule has 116 valence electrons. The van der Waals surface area contributed by atoms with Crippen LogP contribution in [-0.2, 0) is 9.47 Å². The average molecular weight is 315 g/mol. The van der Waals surface area contributed by atoms with Crippen LogP contribution < -0.4 is 0 Å². The number of rotatable bonds is 8. The van der Waals surface area contributed by atoms with E-state index in [-0.39, 0.29) is 23.6 Å². The highest BCUT2D eigenvalue weighted by Crippen LogP contribution is 2.12. The van der Waals surface area contributed by atoms with Crippen molar-refractivity contribution in [2.45, 2.75) is 25.9 Å². The number of aliphatic hydroxyl groups excluding tert-OH is 1. The number of alkyl halides is 1. The molecule has 0 aromatic heterocycles. The largest absolute Gasteiger partial charge is 0.462 e. The standard InChI is InChI=1S/C15H19ClO5/c1-2-3-8-20-14(18)12-6-4-5-7-13(12)15(19)21-10-11(17)9-16/h4-7,11,17H,2-3,8-10H2,1H3. The first kappa shape index (κ1) is 17.5. The number of unbranched alkanes of at least 4 members (excludes halogenated alkanes) is 1. The van der Waals surface area contributed by atoms with Crippen LogP contribution in [0.2, 0.25) is 0 Å². The fraction of sp³-hybridized carbons (Fsp3) is 0.467. The van der Waals surface area contributed by atoms with Gasteiger partial charge in [-0.3, -0.25) is 0 Å². The molecular formula is C15H19ClO5. The van der Waals surface area contributed by atoms with Crippen molar-refractivity contribution in [3.63, 3.8) is 0 Å². The summed E-state index contributed by atoms with van der Waals surface area (Å²) in [5.74, 6) is -1.29. The third kappa shape index (κ3) is 5.73. The molecule has 5 nitrogen and oxygen atoms in total. The molecule has 0 aliphatic rings. The highest BCUT2D eigenvalue weighted by Gasteiger charge is 2.19. The average Bonchev–Trinajstić information content (AvgIpc) is 2.52. The Hall–Kier alpha value is -1.59. The molecule has 0 saturated carbocycles. The minimum Gasteiger partial charge on any atom is -0.462 e. The molecule has 1 atom stereocenters. The Morgan fingerprint density at radius 3 is 2.29 bits per heavy atom. The second-order valence-electron chi connectivity index (χ2n) is 4.44. The van der Waals surface area contributed by atoms with Crippen LogP contribution in [0.3, 0.4) is 0 Å². The maximum atomic E-state index is 11.9. The second kappa shape index (κ2) is 9.37. The topological polar surface area (TPSA) is 72.8 Å². The van der Waals surface area contributed by atoms with Crippen molar-refractivity contribution in [1.29, 1.82) is 0 Å². The molecule has 0 heterocycles. The van der Waals surface area contributed by atoms with Gasteiger partial charge in [0.05, 0.1) is 23.6 Å². The smallest absolute Gasteiger partial charge is 0.339 e. The van der Waals surface area contributed by atoms with Crippen LogP contribution in [0.1, 0.15) is 40.5 Å². The van der Waals surface area contributed by atoms with Gasteiger partial charge in [-0.05, 0) is 18.6 Å². The van der Waals surface area contributed by atoms with Gasteiger partial charge in [-0.15, -0.1) is 11.6 Å². The Labute approximate surface area is 128 Å². The molecule has 6 heteroatoms. The molecule has 0 aliphatic carbocycles. The van der Waals surface area contributed by atoms with Crippen LogP contribution in [0.15, 0.2) is 24.3 Å². The molecule has 1 N–H and O–H groups in total. The quantitative estimate of drug-likeness (QED) is 0.453. The Bertz CT molecular complexity index is 475. The fourth-order valence-corrected chi connectivity index (χ4v) is 1.61. The van der Waals surface area contributed by atoms with Gasteiger partial charge in [0.15, 0.2) is 0 Å². The van der Waals surface area contributed by atoms with E-state index < -0.39 is 18.0 Å². The summed E-state index contributed by atoms with van der Waals surface area (Å²) in [6.45, 7) is 2.08. The summed E-state index contributed by atoms with van der Waals surface area (Å²) < 4.78 is 10.0. The number of esters is 2. The van der Waals surface area contributed by atoms with Crippen molar-refractivity contribution in [3.05, 3.63) is 35.4 Å². The lowest BCUT2D eigenvalue weighted by atomic mass is 10.1. The molecular weight excluding hydrogens is 296 g/mol. The number of ether oxygens (including phenoxy) is 2. The van der Waals surface area contributed by atoms with E-state index in [4.69, 9.17) is 21.1 Å². The monoisotopic (exact) mass is 314 g/mol. The molecule has 0 amide bonds. The Balaban J connectivity index is 2.74. The van der Waals surface area contributed by atoms with E-state index in [0.717, 1.165) is 12.8 Å². The zero-order chi connectivity index (χ0) is 15.7. The molecule has 0 bridgehead atoms. The number of carbonyl (C=O) groups excluding carboxylic acids is 2. The molecule has 0 radical (unpaired) electrons. The second-order valence-corrected chi connectivity index (χ2v) is 4.75. The first-order valence-electron chi connectivity index (χ1n) is 6.77. The summed E-state index contributed by atoms with van der Waals surface area (Å²) in [5, 5.41) is 9.27. The first-order chi connectivity index (χ1) is 10.1. The molecule has 1 aromatic carbocycles. The normalized spacial score (nSPS) is 11.8. The van der Waals surface area contributed by atoms with E-state index >= 15 is 0 Å². The van der Waals surface area contributed by atoms with Gasteiger partial charge in [0, 0.05) is 0 Å². The molecule has 0 aliphatic heterocycles. The van der Waals surface area contributed by atoms with Gasteiger partial charge >= 0.3 is 11.9 Å². The van der Waals surface area contributed by atoms with E-state index in [0.29, 0.717) is 6.61 Å². The summed E-state index contributed by atoms with van der Waals surface area (Å²) >= 11 is 5.42. The van der Waals surface area contributed by atoms with Crippen LogP contribution in [0.25, 0.3) is 0 Å². The molecule has 0 fully saturated rings. The number of aliphatic hydroxyl groups is 1.